The molecule has 2 aromatic heterocycles. The van der Waals surface area contributed by atoms with Gasteiger partial charge in [0.25, 0.3) is 0 Å². The number of nitrogens with one attached hydrogen (secondary N) is 1. The van der Waals surface area contributed by atoms with Crippen molar-refractivity contribution in [2.24, 2.45) is 0 Å². The Morgan fingerprint density at radius 1 is 1.21 bits per heavy atom. The van der Waals surface area contributed by atoms with Gasteiger partial charge in [0.15, 0.2) is 5.75 Å². The van der Waals surface area contributed by atoms with E-state index in [2.05, 4.69) is 34.1 Å². The van der Waals surface area contributed by atoms with Crippen LogP contribution in [0.5, 0.6) is 11.6 Å². The van der Waals surface area contributed by atoms with Crippen LogP contribution in [0.4, 0.5) is 0 Å². The minimum Gasteiger partial charge on any atom is -0.436 e. The van der Waals surface area contributed by atoms with Gasteiger partial charge in [-0.1, -0.05) is 13.8 Å². The van der Waals surface area contributed by atoms with Crippen LogP contribution in [0, 0.1) is 6.92 Å². The van der Waals surface area contributed by atoms with Gasteiger partial charge in [0.2, 0.25) is 5.88 Å². The zero-order chi connectivity index (χ0) is 13.7. The van der Waals surface area contributed by atoms with Crippen molar-refractivity contribution in [3.8, 4) is 11.6 Å². The molecule has 0 aliphatic rings. The van der Waals surface area contributed by atoms with Crippen LogP contribution in [0.15, 0.2) is 30.7 Å². The number of nitrogens with zero attached hydrogens (tertiary/aromatic N) is 3. The van der Waals surface area contributed by atoms with Crippen molar-refractivity contribution in [1.29, 1.82) is 0 Å². The molecule has 0 saturated carbocycles. The van der Waals surface area contributed by atoms with E-state index in [1.807, 2.05) is 19.1 Å². The number of hydrogen-bond acceptors (Lipinski definition) is 5. The smallest absolute Gasteiger partial charge is 0.237 e. The van der Waals surface area contributed by atoms with Gasteiger partial charge in [-0.3, -0.25) is 9.97 Å². The van der Waals surface area contributed by atoms with Gasteiger partial charge in [-0.15, -0.1) is 0 Å². The van der Waals surface area contributed by atoms with Crippen molar-refractivity contribution in [1.82, 2.24) is 20.3 Å². The van der Waals surface area contributed by atoms with Gasteiger partial charge in [0.1, 0.15) is 0 Å². The summed E-state index contributed by atoms with van der Waals surface area (Å²) >= 11 is 0. The van der Waals surface area contributed by atoms with Crippen molar-refractivity contribution in [2.45, 2.75) is 33.4 Å². The largest absolute Gasteiger partial charge is 0.436 e. The summed E-state index contributed by atoms with van der Waals surface area (Å²) in [5, 5.41) is 3.29. The highest BCUT2D eigenvalue weighted by molar-refractivity contribution is 5.29. The van der Waals surface area contributed by atoms with E-state index in [4.69, 9.17) is 4.74 Å². The van der Waals surface area contributed by atoms with E-state index in [9.17, 15) is 0 Å². The first-order chi connectivity index (χ1) is 9.15. The minimum absolute atomic E-state index is 0.427. The van der Waals surface area contributed by atoms with Gasteiger partial charge >= 0.3 is 0 Å². The quantitative estimate of drug-likeness (QED) is 0.892. The second kappa shape index (κ2) is 6.24. The lowest BCUT2D eigenvalue weighted by molar-refractivity contribution is 0.452. The number of rotatable bonds is 5. The Labute approximate surface area is 113 Å². The molecule has 2 rings (SSSR count). The Morgan fingerprint density at radius 2 is 2.05 bits per heavy atom. The van der Waals surface area contributed by atoms with Gasteiger partial charge in [0.05, 0.1) is 23.8 Å². The molecule has 2 heterocycles. The molecule has 2 aromatic rings. The molecule has 0 aliphatic carbocycles. The summed E-state index contributed by atoms with van der Waals surface area (Å²) in [5.41, 5.74) is 1.72. The van der Waals surface area contributed by atoms with Gasteiger partial charge in [-0.2, -0.15) is 0 Å². The molecule has 1 N–H and O–H groups in total. The van der Waals surface area contributed by atoms with Crippen LogP contribution in [0.2, 0.25) is 0 Å². The molecular formula is C14H18N4O. The topological polar surface area (TPSA) is 59.9 Å². The van der Waals surface area contributed by atoms with Crippen LogP contribution in [-0.4, -0.2) is 21.0 Å². The fraction of sp³-hybridized carbons (Fsp3) is 0.357. The third kappa shape index (κ3) is 3.99. The molecule has 0 unspecified atom stereocenters. The van der Waals surface area contributed by atoms with Crippen molar-refractivity contribution in [3.63, 3.8) is 0 Å². The fourth-order valence-electron chi connectivity index (χ4n) is 1.49. The van der Waals surface area contributed by atoms with Crippen LogP contribution in [0.25, 0.3) is 0 Å². The van der Waals surface area contributed by atoms with Crippen molar-refractivity contribution < 1.29 is 4.74 Å². The molecule has 5 heteroatoms. The SMILES string of the molecule is Cc1ncccc1Oc1cnc(CNC(C)C)cn1. The molecule has 19 heavy (non-hydrogen) atoms. The maximum absolute atomic E-state index is 5.63. The third-order valence-electron chi connectivity index (χ3n) is 2.55. The normalized spacial score (nSPS) is 10.7. The van der Waals surface area contributed by atoms with E-state index in [1.54, 1.807) is 18.6 Å². The van der Waals surface area contributed by atoms with Crippen molar-refractivity contribution >= 4 is 0 Å². The highest BCUT2D eigenvalue weighted by atomic mass is 16.5. The maximum Gasteiger partial charge on any atom is 0.237 e. The first-order valence-electron chi connectivity index (χ1n) is 6.29. The second-order valence-corrected chi connectivity index (χ2v) is 4.57. The van der Waals surface area contributed by atoms with E-state index in [0.29, 0.717) is 24.2 Å². The molecule has 100 valence electrons. The summed E-state index contributed by atoms with van der Waals surface area (Å²) in [7, 11) is 0. The van der Waals surface area contributed by atoms with E-state index in [1.165, 1.54) is 0 Å². The molecule has 0 spiro atoms. The highest BCUT2D eigenvalue weighted by Crippen LogP contribution is 2.20. The summed E-state index contributed by atoms with van der Waals surface area (Å²) in [5.74, 6) is 1.18. The van der Waals surface area contributed by atoms with E-state index < -0.39 is 0 Å². The Bertz CT molecular complexity index is 525. The summed E-state index contributed by atoms with van der Waals surface area (Å²) < 4.78 is 5.63. The molecule has 0 amide bonds. The zero-order valence-electron chi connectivity index (χ0n) is 11.4. The number of pyridine rings is 1. The molecular weight excluding hydrogens is 240 g/mol. The Hall–Kier alpha value is -2.01. The first-order valence-corrected chi connectivity index (χ1v) is 6.29. The lowest BCUT2D eigenvalue weighted by atomic mass is 10.3. The third-order valence-corrected chi connectivity index (χ3v) is 2.55. The molecule has 0 atom stereocenters. The van der Waals surface area contributed by atoms with Gasteiger partial charge in [-0.25, -0.2) is 4.98 Å². The molecule has 0 radical (unpaired) electrons. The first kappa shape index (κ1) is 13.4. The Balaban J connectivity index is 2.01. The maximum atomic E-state index is 5.63. The van der Waals surface area contributed by atoms with Crippen LogP contribution in [0.1, 0.15) is 25.2 Å². The molecule has 0 aliphatic heterocycles. The summed E-state index contributed by atoms with van der Waals surface area (Å²) in [6, 6.07) is 4.12. The Morgan fingerprint density at radius 3 is 2.68 bits per heavy atom. The molecule has 0 aromatic carbocycles. The van der Waals surface area contributed by atoms with Crippen LogP contribution < -0.4 is 10.1 Å². The number of hydrogen-bond donors (Lipinski definition) is 1. The molecule has 0 bridgehead atoms. The van der Waals surface area contributed by atoms with E-state index in [0.717, 1.165) is 11.4 Å². The fourth-order valence-corrected chi connectivity index (χ4v) is 1.49. The number of aryl methyl sites for hydroxylation is 1. The van der Waals surface area contributed by atoms with Crippen molar-refractivity contribution in [2.75, 3.05) is 0 Å². The van der Waals surface area contributed by atoms with Crippen LogP contribution in [-0.2, 0) is 6.54 Å². The van der Waals surface area contributed by atoms with E-state index in [-0.39, 0.29) is 0 Å². The second-order valence-electron chi connectivity index (χ2n) is 4.57. The zero-order valence-corrected chi connectivity index (χ0v) is 11.4. The van der Waals surface area contributed by atoms with Gasteiger partial charge in [0, 0.05) is 18.8 Å². The minimum atomic E-state index is 0.427. The van der Waals surface area contributed by atoms with Crippen LogP contribution in [0.3, 0.4) is 0 Å². The molecule has 0 saturated heterocycles. The van der Waals surface area contributed by atoms with Gasteiger partial charge in [-0.05, 0) is 19.1 Å². The van der Waals surface area contributed by atoms with Crippen LogP contribution >= 0.6 is 0 Å². The summed E-state index contributed by atoms with van der Waals surface area (Å²) in [6.07, 6.45) is 5.08. The lowest BCUT2D eigenvalue weighted by Crippen LogP contribution is -2.22. The predicted molar refractivity (Wildman–Crippen MR) is 73.1 cm³/mol. The monoisotopic (exact) mass is 258 g/mol. The average Bonchev–Trinajstić information content (AvgIpc) is 2.40. The van der Waals surface area contributed by atoms with Crippen molar-refractivity contribution in [3.05, 3.63) is 42.1 Å². The highest BCUT2D eigenvalue weighted by Gasteiger charge is 2.04. The Kier molecular flexibility index (Phi) is 4.41. The predicted octanol–water partition coefficient (Wildman–Crippen LogP) is 2.47. The lowest BCUT2D eigenvalue weighted by Gasteiger charge is -2.08. The molecule has 5 nitrogen and oxygen atoms in total. The summed E-state index contributed by atoms with van der Waals surface area (Å²) in [4.78, 5) is 12.7. The number of ether oxygens (including phenoxy) is 1. The summed E-state index contributed by atoms with van der Waals surface area (Å²) in [6.45, 7) is 6.78. The van der Waals surface area contributed by atoms with Gasteiger partial charge < -0.3 is 10.1 Å². The van der Waals surface area contributed by atoms with E-state index >= 15 is 0 Å². The average molecular weight is 258 g/mol. The number of aromatic nitrogens is 3. The molecule has 0 fully saturated rings. The standard InChI is InChI=1S/C14H18N4O/c1-10(2)16-7-12-8-18-14(9-17-12)19-13-5-4-6-15-11(13)3/h4-6,8-10,16H,7H2,1-3H3.